The van der Waals surface area contributed by atoms with Crippen molar-refractivity contribution >= 4 is 27.9 Å². The van der Waals surface area contributed by atoms with Gasteiger partial charge in [0.2, 0.25) is 0 Å². The Labute approximate surface area is 133 Å². The molecule has 0 saturated carbocycles. The topological polar surface area (TPSA) is 101 Å². The van der Waals surface area contributed by atoms with E-state index in [9.17, 15) is 4.79 Å². The van der Waals surface area contributed by atoms with Gasteiger partial charge in [-0.25, -0.2) is 0 Å². The van der Waals surface area contributed by atoms with Crippen molar-refractivity contribution in [3.05, 3.63) is 30.1 Å². The molecule has 1 heterocycles. The third-order valence-corrected chi connectivity index (χ3v) is 8.90. The molecule has 8 heteroatoms. The van der Waals surface area contributed by atoms with Crippen molar-refractivity contribution in [2.45, 2.75) is 21.4 Å². The van der Waals surface area contributed by atoms with Crippen LogP contribution >= 0.6 is 0 Å². The summed E-state index contributed by atoms with van der Waals surface area (Å²) in [6, 6.07) is 6.21. The third kappa shape index (κ3) is 4.70. The molecule has 0 bridgehead atoms. The maximum absolute atomic E-state index is 10.6. The van der Waals surface area contributed by atoms with E-state index in [2.05, 4.69) is 52.7 Å². The molecular formula is C14H19N5O2Sn. The van der Waals surface area contributed by atoms with E-state index in [0.29, 0.717) is 12.4 Å². The second-order valence-corrected chi connectivity index (χ2v) is 20.5. The first-order chi connectivity index (χ1) is 10.4. The molecule has 116 valence electrons. The average molecular weight is 408 g/mol. The fourth-order valence-electron chi connectivity index (χ4n) is 1.99. The zero-order chi connectivity index (χ0) is 16.2. The minimum atomic E-state index is -2.29. The van der Waals surface area contributed by atoms with Crippen LogP contribution in [-0.2, 0) is 11.3 Å². The summed E-state index contributed by atoms with van der Waals surface area (Å²) in [5, 5.41) is 27.2. The second kappa shape index (κ2) is 7.10. The number of aromatic nitrogens is 4. The normalized spacial score (nSPS) is 11.4. The number of hydrogen-bond acceptors (Lipinski definition) is 6. The van der Waals surface area contributed by atoms with Crippen LogP contribution in [0.25, 0.3) is 11.4 Å². The maximum atomic E-state index is 10.6. The SMILES string of the molecule is [CH3][Sn]([CH3])([CH3])[c]1cc(CNCC(=O)O)cc(-c2nncnn2)c1. The van der Waals surface area contributed by atoms with Crippen molar-refractivity contribution in [3.8, 4) is 11.4 Å². The predicted octanol–water partition coefficient (Wildman–Crippen LogP) is 0.653. The van der Waals surface area contributed by atoms with Crippen LogP contribution in [0.4, 0.5) is 0 Å². The molecule has 0 atom stereocenters. The third-order valence-electron chi connectivity index (χ3n) is 3.13. The van der Waals surface area contributed by atoms with Crippen molar-refractivity contribution in [2.75, 3.05) is 6.54 Å². The van der Waals surface area contributed by atoms with E-state index >= 15 is 0 Å². The van der Waals surface area contributed by atoms with E-state index in [1.807, 2.05) is 6.07 Å². The molecule has 1 aromatic carbocycles. The minimum absolute atomic E-state index is 0.0662. The Morgan fingerprint density at radius 1 is 1.18 bits per heavy atom. The first kappa shape index (κ1) is 16.8. The number of aliphatic carboxylic acids is 1. The van der Waals surface area contributed by atoms with Gasteiger partial charge in [0.1, 0.15) is 0 Å². The van der Waals surface area contributed by atoms with Gasteiger partial charge in [0, 0.05) is 0 Å². The van der Waals surface area contributed by atoms with Gasteiger partial charge in [-0.1, -0.05) is 0 Å². The second-order valence-electron chi connectivity index (χ2n) is 6.04. The first-order valence-electron chi connectivity index (χ1n) is 6.94. The van der Waals surface area contributed by atoms with Gasteiger partial charge in [-0.3, -0.25) is 0 Å². The number of carboxylic acids is 1. The summed E-state index contributed by atoms with van der Waals surface area (Å²) in [6.45, 7) is 0.423. The summed E-state index contributed by atoms with van der Waals surface area (Å²) in [4.78, 5) is 17.6. The molecule has 2 aromatic rings. The number of rotatable bonds is 6. The molecule has 0 spiro atoms. The van der Waals surface area contributed by atoms with Crippen LogP contribution in [0.1, 0.15) is 5.56 Å². The zero-order valence-corrected chi connectivity index (χ0v) is 15.7. The van der Waals surface area contributed by atoms with E-state index in [0.717, 1.165) is 11.1 Å². The summed E-state index contributed by atoms with van der Waals surface area (Å²) in [5.41, 5.74) is 1.89. The molecule has 0 saturated heterocycles. The van der Waals surface area contributed by atoms with E-state index < -0.39 is 24.3 Å². The van der Waals surface area contributed by atoms with Gasteiger partial charge in [0.05, 0.1) is 0 Å². The van der Waals surface area contributed by atoms with Crippen molar-refractivity contribution in [2.24, 2.45) is 0 Å². The van der Waals surface area contributed by atoms with Gasteiger partial charge in [-0.15, -0.1) is 0 Å². The Morgan fingerprint density at radius 2 is 1.86 bits per heavy atom. The van der Waals surface area contributed by atoms with Crippen LogP contribution in [0.3, 0.4) is 0 Å². The Balaban J connectivity index is 2.35. The molecule has 0 fully saturated rings. The van der Waals surface area contributed by atoms with Gasteiger partial charge in [-0.2, -0.15) is 0 Å². The van der Waals surface area contributed by atoms with Crippen molar-refractivity contribution in [3.63, 3.8) is 0 Å². The average Bonchev–Trinajstić information content (AvgIpc) is 2.46. The predicted molar refractivity (Wildman–Crippen MR) is 85.4 cm³/mol. The summed E-state index contributed by atoms with van der Waals surface area (Å²) in [7, 11) is 0. The van der Waals surface area contributed by atoms with Gasteiger partial charge in [0.25, 0.3) is 0 Å². The van der Waals surface area contributed by atoms with Gasteiger partial charge < -0.3 is 0 Å². The number of carboxylic acid groups (broad SMARTS) is 1. The fraction of sp³-hybridized carbons (Fsp3) is 0.357. The van der Waals surface area contributed by atoms with E-state index in [-0.39, 0.29) is 6.54 Å². The van der Waals surface area contributed by atoms with Crippen LogP contribution in [-0.4, -0.2) is 56.4 Å². The molecule has 7 nitrogen and oxygen atoms in total. The first-order valence-corrected chi connectivity index (χ1v) is 16.9. The summed E-state index contributed by atoms with van der Waals surface area (Å²) in [5.74, 6) is -0.384. The Kier molecular flexibility index (Phi) is 5.41. The zero-order valence-electron chi connectivity index (χ0n) is 12.9. The number of benzene rings is 1. The molecule has 0 aliphatic rings. The summed E-state index contributed by atoms with van der Waals surface area (Å²) >= 11 is -2.29. The number of nitrogens with one attached hydrogen (secondary N) is 1. The van der Waals surface area contributed by atoms with E-state index in [4.69, 9.17) is 5.11 Å². The van der Waals surface area contributed by atoms with Crippen LogP contribution in [0.2, 0.25) is 14.8 Å². The van der Waals surface area contributed by atoms with Crippen molar-refractivity contribution in [1.82, 2.24) is 25.7 Å². The van der Waals surface area contributed by atoms with Crippen LogP contribution in [0, 0.1) is 0 Å². The molecule has 22 heavy (non-hydrogen) atoms. The molecule has 0 aliphatic heterocycles. The van der Waals surface area contributed by atoms with Gasteiger partial charge in [-0.05, 0) is 0 Å². The Morgan fingerprint density at radius 3 is 2.45 bits per heavy atom. The molecule has 2 N–H and O–H groups in total. The van der Waals surface area contributed by atoms with E-state index in [1.165, 1.54) is 9.91 Å². The quantitative estimate of drug-likeness (QED) is 0.678. The van der Waals surface area contributed by atoms with Crippen molar-refractivity contribution < 1.29 is 9.90 Å². The molecule has 2 rings (SSSR count). The summed E-state index contributed by atoms with van der Waals surface area (Å²) < 4.78 is 1.33. The van der Waals surface area contributed by atoms with E-state index in [1.54, 1.807) is 0 Å². The Hall–Kier alpha value is -1.61. The fourth-order valence-corrected chi connectivity index (χ4v) is 5.43. The molecular weight excluding hydrogens is 389 g/mol. The number of carbonyl (C=O) groups is 1. The van der Waals surface area contributed by atoms with Crippen LogP contribution < -0.4 is 8.90 Å². The molecule has 1 aromatic heterocycles. The Bertz CT molecular complexity index is 658. The standard InChI is InChI=1S/C11H10N5O2.3CH3.Sn/c17-10(18)6-12-5-8-2-1-3-9(4-8)11-15-13-7-14-16-11;;;;/h2-4,7,12H,5-6H2,(H,17,18);3*1H3;. The van der Waals surface area contributed by atoms with Crippen LogP contribution in [0.15, 0.2) is 24.5 Å². The molecule has 0 unspecified atom stereocenters. The van der Waals surface area contributed by atoms with Crippen LogP contribution in [0.5, 0.6) is 0 Å². The number of nitrogens with zero attached hydrogens (tertiary/aromatic N) is 4. The van der Waals surface area contributed by atoms with Gasteiger partial charge >= 0.3 is 133 Å². The molecule has 0 amide bonds. The molecule has 0 radical (unpaired) electrons. The monoisotopic (exact) mass is 409 g/mol. The van der Waals surface area contributed by atoms with Gasteiger partial charge in [0.15, 0.2) is 0 Å². The molecule has 0 aliphatic carbocycles. The summed E-state index contributed by atoms with van der Waals surface area (Å²) in [6.07, 6.45) is 1.30. The van der Waals surface area contributed by atoms with Crippen molar-refractivity contribution in [1.29, 1.82) is 0 Å². The number of hydrogen-bond donors (Lipinski definition) is 2.